The standard InChI is InChI=1S/C16H23N/c1-11(2)8-14-6-7-16-13(5)17(12(3)4)10-15(16)9-14/h6-7,9,11-12H,5,8,10H2,1-4H3. The van der Waals surface area contributed by atoms with E-state index in [-0.39, 0.29) is 0 Å². The molecule has 1 aliphatic heterocycles. The van der Waals surface area contributed by atoms with Crippen molar-refractivity contribution in [2.24, 2.45) is 5.92 Å². The van der Waals surface area contributed by atoms with Gasteiger partial charge in [0, 0.05) is 23.8 Å². The predicted molar refractivity (Wildman–Crippen MR) is 74.7 cm³/mol. The quantitative estimate of drug-likeness (QED) is 0.755. The zero-order valence-electron chi connectivity index (χ0n) is 11.5. The fraction of sp³-hybridized carbons (Fsp3) is 0.500. The highest BCUT2D eigenvalue weighted by Crippen LogP contribution is 2.33. The van der Waals surface area contributed by atoms with Crippen LogP contribution in [0, 0.1) is 5.92 Å². The lowest BCUT2D eigenvalue weighted by Crippen LogP contribution is -2.23. The molecule has 0 radical (unpaired) electrons. The fourth-order valence-corrected chi connectivity index (χ4v) is 2.59. The molecule has 0 aromatic heterocycles. The lowest BCUT2D eigenvalue weighted by atomic mass is 9.98. The highest BCUT2D eigenvalue weighted by atomic mass is 15.2. The van der Waals surface area contributed by atoms with Crippen molar-refractivity contribution in [3.8, 4) is 0 Å². The van der Waals surface area contributed by atoms with Crippen LogP contribution in [0.4, 0.5) is 0 Å². The molecule has 0 amide bonds. The summed E-state index contributed by atoms with van der Waals surface area (Å²) in [6, 6.07) is 7.40. The number of hydrogen-bond donors (Lipinski definition) is 0. The Kier molecular flexibility index (Phi) is 3.28. The molecule has 1 nitrogen and oxygen atoms in total. The van der Waals surface area contributed by atoms with Crippen molar-refractivity contribution in [3.05, 3.63) is 41.5 Å². The highest BCUT2D eigenvalue weighted by molar-refractivity contribution is 5.69. The van der Waals surface area contributed by atoms with Gasteiger partial charge in [-0.3, -0.25) is 0 Å². The maximum Gasteiger partial charge on any atom is 0.0439 e. The van der Waals surface area contributed by atoms with E-state index >= 15 is 0 Å². The van der Waals surface area contributed by atoms with E-state index in [1.807, 2.05) is 0 Å². The van der Waals surface area contributed by atoms with Gasteiger partial charge in [-0.15, -0.1) is 0 Å². The molecule has 17 heavy (non-hydrogen) atoms. The molecule has 0 N–H and O–H groups in total. The van der Waals surface area contributed by atoms with Crippen molar-refractivity contribution < 1.29 is 0 Å². The normalized spacial score (nSPS) is 14.9. The van der Waals surface area contributed by atoms with E-state index in [0.717, 1.165) is 12.5 Å². The van der Waals surface area contributed by atoms with Crippen LogP contribution in [0.1, 0.15) is 44.4 Å². The molecular formula is C16H23N. The summed E-state index contributed by atoms with van der Waals surface area (Å²) in [5.74, 6) is 0.721. The zero-order valence-corrected chi connectivity index (χ0v) is 11.5. The fourth-order valence-electron chi connectivity index (χ4n) is 2.59. The van der Waals surface area contributed by atoms with Crippen molar-refractivity contribution in [1.82, 2.24) is 4.90 Å². The Morgan fingerprint density at radius 3 is 2.53 bits per heavy atom. The van der Waals surface area contributed by atoms with E-state index in [2.05, 4.69) is 57.4 Å². The SMILES string of the molecule is C=C1c2ccc(CC(C)C)cc2CN1C(C)C. The minimum atomic E-state index is 0.531. The summed E-state index contributed by atoms with van der Waals surface area (Å²) in [4.78, 5) is 2.38. The maximum atomic E-state index is 4.21. The second-order valence-corrected chi connectivity index (χ2v) is 5.76. The molecule has 0 fully saturated rings. The van der Waals surface area contributed by atoms with E-state index in [0.29, 0.717) is 6.04 Å². The first-order valence-corrected chi connectivity index (χ1v) is 6.56. The smallest absolute Gasteiger partial charge is 0.0439 e. The minimum absolute atomic E-state index is 0.531. The molecule has 1 aromatic carbocycles. The van der Waals surface area contributed by atoms with Crippen LogP contribution < -0.4 is 0 Å². The van der Waals surface area contributed by atoms with Gasteiger partial charge in [0.15, 0.2) is 0 Å². The summed E-state index contributed by atoms with van der Waals surface area (Å²) < 4.78 is 0. The Bertz CT molecular complexity index is 429. The van der Waals surface area contributed by atoms with Gasteiger partial charge < -0.3 is 4.90 Å². The molecule has 2 rings (SSSR count). The third-order valence-corrected chi connectivity index (χ3v) is 3.44. The average molecular weight is 229 g/mol. The van der Waals surface area contributed by atoms with Crippen LogP contribution >= 0.6 is 0 Å². The molecule has 1 aromatic rings. The Morgan fingerprint density at radius 1 is 1.24 bits per heavy atom. The zero-order chi connectivity index (χ0) is 12.6. The molecule has 1 heteroatoms. The molecule has 0 unspecified atom stereocenters. The van der Waals surface area contributed by atoms with Crippen molar-refractivity contribution in [1.29, 1.82) is 0 Å². The van der Waals surface area contributed by atoms with Crippen LogP contribution in [0.2, 0.25) is 0 Å². The van der Waals surface area contributed by atoms with Crippen molar-refractivity contribution in [2.45, 2.75) is 46.7 Å². The molecule has 0 spiro atoms. The van der Waals surface area contributed by atoms with Gasteiger partial charge in [-0.2, -0.15) is 0 Å². The molecule has 92 valence electrons. The van der Waals surface area contributed by atoms with Gasteiger partial charge >= 0.3 is 0 Å². The first kappa shape index (κ1) is 12.2. The Hall–Kier alpha value is -1.24. The van der Waals surface area contributed by atoms with Crippen LogP contribution in [0.3, 0.4) is 0 Å². The average Bonchev–Trinajstić information content (AvgIpc) is 2.55. The Labute approximate surface area is 105 Å². The molecule has 0 aliphatic carbocycles. The lowest BCUT2D eigenvalue weighted by molar-refractivity contribution is 0.339. The van der Waals surface area contributed by atoms with Crippen LogP contribution in [0.15, 0.2) is 24.8 Å². The Morgan fingerprint density at radius 2 is 1.94 bits per heavy atom. The summed E-state index contributed by atoms with van der Waals surface area (Å²) >= 11 is 0. The van der Waals surface area contributed by atoms with E-state index in [1.54, 1.807) is 0 Å². The summed E-state index contributed by atoms with van der Waals surface area (Å²) in [5.41, 5.74) is 5.43. The summed E-state index contributed by atoms with van der Waals surface area (Å²) in [6.45, 7) is 14.2. The molecule has 1 heterocycles. The molecule has 0 saturated heterocycles. The third kappa shape index (κ3) is 2.38. The number of nitrogens with zero attached hydrogens (tertiary/aromatic N) is 1. The second-order valence-electron chi connectivity index (χ2n) is 5.76. The minimum Gasteiger partial charge on any atom is -0.365 e. The third-order valence-electron chi connectivity index (χ3n) is 3.44. The van der Waals surface area contributed by atoms with Gasteiger partial charge in [0.2, 0.25) is 0 Å². The predicted octanol–water partition coefficient (Wildman–Crippen LogP) is 4.08. The molecule has 1 aliphatic rings. The van der Waals surface area contributed by atoms with Gasteiger partial charge in [0.25, 0.3) is 0 Å². The number of rotatable bonds is 3. The van der Waals surface area contributed by atoms with E-state index in [4.69, 9.17) is 0 Å². The van der Waals surface area contributed by atoms with E-state index in [9.17, 15) is 0 Å². The highest BCUT2D eigenvalue weighted by Gasteiger charge is 2.24. The van der Waals surface area contributed by atoms with Gasteiger partial charge in [-0.1, -0.05) is 38.6 Å². The van der Waals surface area contributed by atoms with Crippen LogP contribution in [-0.4, -0.2) is 10.9 Å². The second kappa shape index (κ2) is 4.56. The molecular weight excluding hydrogens is 206 g/mol. The summed E-state index contributed by atoms with van der Waals surface area (Å²) in [5, 5.41) is 0. The first-order valence-electron chi connectivity index (χ1n) is 6.56. The molecule has 0 saturated carbocycles. The Balaban J connectivity index is 2.26. The van der Waals surface area contributed by atoms with Gasteiger partial charge in [-0.25, -0.2) is 0 Å². The van der Waals surface area contributed by atoms with Crippen LogP contribution in [-0.2, 0) is 13.0 Å². The maximum absolute atomic E-state index is 4.21. The number of hydrogen-bond acceptors (Lipinski definition) is 1. The number of benzene rings is 1. The number of fused-ring (bicyclic) bond motifs is 1. The van der Waals surface area contributed by atoms with Crippen molar-refractivity contribution in [2.75, 3.05) is 0 Å². The van der Waals surface area contributed by atoms with Gasteiger partial charge in [0.05, 0.1) is 0 Å². The largest absolute Gasteiger partial charge is 0.365 e. The monoisotopic (exact) mass is 229 g/mol. The molecule has 0 bridgehead atoms. The van der Waals surface area contributed by atoms with E-state index < -0.39 is 0 Å². The summed E-state index contributed by atoms with van der Waals surface area (Å²) in [7, 11) is 0. The first-order chi connectivity index (χ1) is 7.99. The molecule has 0 atom stereocenters. The van der Waals surface area contributed by atoms with Crippen LogP contribution in [0.5, 0.6) is 0 Å². The van der Waals surface area contributed by atoms with Crippen molar-refractivity contribution >= 4 is 5.70 Å². The summed E-state index contributed by atoms with van der Waals surface area (Å²) in [6.07, 6.45) is 1.17. The topological polar surface area (TPSA) is 3.24 Å². The lowest BCUT2D eigenvalue weighted by Gasteiger charge is -2.23. The van der Waals surface area contributed by atoms with Crippen molar-refractivity contribution in [3.63, 3.8) is 0 Å². The van der Waals surface area contributed by atoms with Crippen LogP contribution in [0.25, 0.3) is 5.70 Å². The van der Waals surface area contributed by atoms with E-state index in [1.165, 1.54) is 28.8 Å². The van der Waals surface area contributed by atoms with Gasteiger partial charge in [0.1, 0.15) is 0 Å². The van der Waals surface area contributed by atoms with Gasteiger partial charge in [-0.05, 0) is 37.3 Å².